The monoisotopic (exact) mass is 661 g/mol. The molecule has 10 aromatic rings. The number of fused-ring (bicyclic) bond motifs is 6. The third-order valence-corrected chi connectivity index (χ3v) is 10.3. The van der Waals surface area contributed by atoms with Gasteiger partial charge in [0.15, 0.2) is 0 Å². The molecule has 3 nitrogen and oxygen atoms in total. The topological polar surface area (TPSA) is 33.6 Å². The molecule has 0 N–H and O–H groups in total. The zero-order chi connectivity index (χ0) is 34.6. The molecule has 0 unspecified atom stereocenters. The van der Waals surface area contributed by atoms with E-state index in [1.54, 1.807) is 0 Å². The van der Waals surface area contributed by atoms with E-state index < -0.39 is 0 Å². The van der Waals surface area contributed by atoms with E-state index in [1.807, 2.05) is 24.3 Å². The quantitative estimate of drug-likeness (QED) is 0.181. The standard InChI is InChI=1S/C49H31N3/c50-32-33-28-42(34-14-4-1-5-15-34)49(43(29-33)35-16-6-2-7-17-35)52-46-23-13-11-21-40(46)44-30-36(25-27-47(44)52)37-24-26-41-39-20-10-12-22-45(39)51(48(41)31-37)38-18-8-3-9-19-38/h1-31H. The van der Waals surface area contributed by atoms with Crippen LogP contribution in [0.3, 0.4) is 0 Å². The molecule has 0 bridgehead atoms. The van der Waals surface area contributed by atoms with Gasteiger partial charge in [0.25, 0.3) is 0 Å². The number of hydrogen-bond acceptors (Lipinski definition) is 1. The summed E-state index contributed by atoms with van der Waals surface area (Å²) in [5.41, 5.74) is 14.0. The predicted molar refractivity (Wildman–Crippen MR) is 216 cm³/mol. The Morgan fingerprint density at radius 1 is 0.346 bits per heavy atom. The highest BCUT2D eigenvalue weighted by molar-refractivity contribution is 6.13. The van der Waals surface area contributed by atoms with Gasteiger partial charge in [-0.2, -0.15) is 5.26 Å². The number of para-hydroxylation sites is 3. The first kappa shape index (κ1) is 29.7. The van der Waals surface area contributed by atoms with Gasteiger partial charge in [-0.1, -0.05) is 133 Å². The number of nitrogens with zero attached hydrogens (tertiary/aromatic N) is 3. The molecule has 3 heteroatoms. The van der Waals surface area contributed by atoms with E-state index in [0.717, 1.165) is 50.2 Å². The summed E-state index contributed by atoms with van der Waals surface area (Å²) in [5, 5.41) is 15.1. The average Bonchev–Trinajstić information content (AvgIpc) is 3.73. The summed E-state index contributed by atoms with van der Waals surface area (Å²) >= 11 is 0. The molecule has 0 aliphatic heterocycles. The molecule has 0 fully saturated rings. The summed E-state index contributed by atoms with van der Waals surface area (Å²) < 4.78 is 4.77. The van der Waals surface area contributed by atoms with E-state index >= 15 is 0 Å². The third-order valence-electron chi connectivity index (χ3n) is 10.3. The van der Waals surface area contributed by atoms with Gasteiger partial charge in [0.2, 0.25) is 0 Å². The zero-order valence-electron chi connectivity index (χ0n) is 28.2. The Balaban J connectivity index is 1.24. The van der Waals surface area contributed by atoms with Gasteiger partial charge < -0.3 is 9.13 Å². The van der Waals surface area contributed by atoms with Crippen LogP contribution in [0.2, 0.25) is 0 Å². The summed E-state index contributed by atoms with van der Waals surface area (Å²) in [4.78, 5) is 0. The van der Waals surface area contributed by atoms with Crippen molar-refractivity contribution in [1.29, 1.82) is 5.26 Å². The van der Waals surface area contributed by atoms with Crippen LogP contribution in [0.5, 0.6) is 0 Å². The number of hydrogen-bond donors (Lipinski definition) is 0. The van der Waals surface area contributed by atoms with E-state index in [2.05, 4.69) is 179 Å². The van der Waals surface area contributed by atoms with Crippen LogP contribution in [-0.2, 0) is 0 Å². The van der Waals surface area contributed by atoms with E-state index in [1.165, 1.54) is 38.1 Å². The molecule has 0 saturated carbocycles. The van der Waals surface area contributed by atoms with Crippen molar-refractivity contribution in [3.63, 3.8) is 0 Å². The smallest absolute Gasteiger partial charge is 0.0992 e. The van der Waals surface area contributed by atoms with Crippen molar-refractivity contribution in [2.75, 3.05) is 0 Å². The lowest BCUT2D eigenvalue weighted by molar-refractivity contribution is 1.18. The fourth-order valence-electron chi connectivity index (χ4n) is 8.01. The van der Waals surface area contributed by atoms with E-state index in [0.29, 0.717) is 5.56 Å². The van der Waals surface area contributed by atoms with Crippen molar-refractivity contribution in [3.05, 3.63) is 194 Å². The molecule has 2 heterocycles. The molecule has 0 aliphatic carbocycles. The Bertz CT molecular complexity index is 2940. The van der Waals surface area contributed by atoms with Gasteiger partial charge >= 0.3 is 0 Å². The third kappa shape index (κ3) is 4.66. The van der Waals surface area contributed by atoms with Crippen molar-refractivity contribution < 1.29 is 0 Å². The van der Waals surface area contributed by atoms with Crippen LogP contribution in [-0.4, -0.2) is 9.13 Å². The zero-order valence-corrected chi connectivity index (χ0v) is 28.2. The molecule has 0 saturated heterocycles. The van der Waals surface area contributed by atoms with Crippen LogP contribution in [0, 0.1) is 11.3 Å². The molecule has 242 valence electrons. The number of rotatable bonds is 5. The van der Waals surface area contributed by atoms with Gasteiger partial charge in [0.05, 0.1) is 39.4 Å². The van der Waals surface area contributed by atoms with Crippen molar-refractivity contribution in [3.8, 4) is 50.8 Å². The summed E-state index contributed by atoms with van der Waals surface area (Å²) in [5.74, 6) is 0. The van der Waals surface area contributed by atoms with Gasteiger partial charge in [-0.3, -0.25) is 0 Å². The molecular formula is C49H31N3. The van der Waals surface area contributed by atoms with Crippen LogP contribution >= 0.6 is 0 Å². The maximum Gasteiger partial charge on any atom is 0.0992 e. The SMILES string of the molecule is N#Cc1cc(-c2ccccc2)c(-n2c3ccccc3c3cc(-c4ccc5c6ccccc6n(-c6ccccc6)c5c4)ccc32)c(-c2ccccc2)c1. The minimum absolute atomic E-state index is 0.632. The average molecular weight is 662 g/mol. The molecule has 0 amide bonds. The molecule has 8 aromatic carbocycles. The highest BCUT2D eigenvalue weighted by Crippen LogP contribution is 2.43. The first-order valence-electron chi connectivity index (χ1n) is 17.6. The van der Waals surface area contributed by atoms with E-state index in [-0.39, 0.29) is 0 Å². The molecular weight excluding hydrogens is 631 g/mol. The summed E-state index contributed by atoms with van der Waals surface area (Å²) in [7, 11) is 0. The maximum absolute atomic E-state index is 10.2. The Labute approximate surface area is 301 Å². The molecule has 0 aliphatic rings. The molecule has 10 rings (SSSR count). The Morgan fingerprint density at radius 2 is 0.827 bits per heavy atom. The number of benzene rings is 8. The van der Waals surface area contributed by atoms with Gasteiger partial charge in [0.1, 0.15) is 0 Å². The van der Waals surface area contributed by atoms with Gasteiger partial charge in [-0.05, 0) is 76.9 Å². The summed E-state index contributed by atoms with van der Waals surface area (Å²) in [6.45, 7) is 0. The maximum atomic E-state index is 10.2. The van der Waals surface area contributed by atoms with Crippen molar-refractivity contribution in [2.24, 2.45) is 0 Å². The lowest BCUT2D eigenvalue weighted by Crippen LogP contribution is -2.02. The molecule has 52 heavy (non-hydrogen) atoms. The highest BCUT2D eigenvalue weighted by Gasteiger charge is 2.22. The van der Waals surface area contributed by atoms with E-state index in [4.69, 9.17) is 0 Å². The second kappa shape index (κ2) is 12.0. The lowest BCUT2D eigenvalue weighted by atomic mass is 9.93. The Morgan fingerprint density at radius 3 is 1.46 bits per heavy atom. The van der Waals surface area contributed by atoms with Crippen LogP contribution < -0.4 is 0 Å². The van der Waals surface area contributed by atoms with Crippen LogP contribution in [0.25, 0.3) is 88.4 Å². The fourth-order valence-corrected chi connectivity index (χ4v) is 8.01. The summed E-state index contributed by atoms with van der Waals surface area (Å²) in [6.07, 6.45) is 0. The summed E-state index contributed by atoms with van der Waals surface area (Å²) in [6, 6.07) is 69.0. The number of nitriles is 1. The van der Waals surface area contributed by atoms with Gasteiger partial charge in [0, 0.05) is 38.4 Å². The largest absolute Gasteiger partial charge is 0.309 e. The highest BCUT2D eigenvalue weighted by atomic mass is 15.0. The van der Waals surface area contributed by atoms with Crippen LogP contribution in [0.15, 0.2) is 188 Å². The minimum Gasteiger partial charge on any atom is -0.309 e. The molecule has 2 aromatic heterocycles. The Kier molecular flexibility index (Phi) is 6.87. The second-order valence-corrected chi connectivity index (χ2v) is 13.3. The molecule has 0 radical (unpaired) electrons. The first-order chi connectivity index (χ1) is 25.8. The van der Waals surface area contributed by atoms with Crippen LogP contribution in [0.1, 0.15) is 5.56 Å². The lowest BCUT2D eigenvalue weighted by Gasteiger charge is -2.20. The first-order valence-corrected chi connectivity index (χ1v) is 17.6. The van der Waals surface area contributed by atoms with Crippen molar-refractivity contribution >= 4 is 43.6 Å². The Hall–Kier alpha value is -7.15. The van der Waals surface area contributed by atoms with Gasteiger partial charge in [-0.25, -0.2) is 0 Å². The molecule has 0 atom stereocenters. The van der Waals surface area contributed by atoms with Crippen molar-refractivity contribution in [2.45, 2.75) is 0 Å². The van der Waals surface area contributed by atoms with Crippen LogP contribution in [0.4, 0.5) is 0 Å². The normalized spacial score (nSPS) is 11.4. The van der Waals surface area contributed by atoms with Crippen molar-refractivity contribution in [1.82, 2.24) is 9.13 Å². The fraction of sp³-hybridized carbons (Fsp3) is 0. The minimum atomic E-state index is 0.632. The number of aromatic nitrogens is 2. The second-order valence-electron chi connectivity index (χ2n) is 13.3. The molecule has 0 spiro atoms. The van der Waals surface area contributed by atoms with Gasteiger partial charge in [-0.15, -0.1) is 0 Å². The predicted octanol–water partition coefficient (Wildman–Crippen LogP) is 12.8. The van der Waals surface area contributed by atoms with E-state index in [9.17, 15) is 5.26 Å².